The second-order valence-corrected chi connectivity index (χ2v) is 7.52. The van der Waals surface area contributed by atoms with Gasteiger partial charge in [0.15, 0.2) is 0 Å². The highest BCUT2D eigenvalue weighted by Gasteiger charge is 2.52. The maximum absolute atomic E-state index is 9.04. The van der Waals surface area contributed by atoms with Gasteiger partial charge in [0.2, 0.25) is 0 Å². The Balaban J connectivity index is 1.72. The lowest BCUT2D eigenvalue weighted by atomic mass is 9.77. The van der Waals surface area contributed by atoms with Gasteiger partial charge < -0.3 is 9.31 Å². The van der Waals surface area contributed by atoms with E-state index in [-0.39, 0.29) is 18.3 Å². The van der Waals surface area contributed by atoms with Crippen LogP contribution in [0.4, 0.5) is 0 Å². The zero-order valence-corrected chi connectivity index (χ0v) is 13.5. The zero-order valence-electron chi connectivity index (χ0n) is 13.5. The van der Waals surface area contributed by atoms with Crippen LogP contribution in [0.5, 0.6) is 0 Å². The zero-order chi connectivity index (χ0) is 15.3. The summed E-state index contributed by atoms with van der Waals surface area (Å²) in [6, 6.07) is 2.34. The highest BCUT2D eigenvalue weighted by Crippen LogP contribution is 2.46. The molecule has 3 aliphatic rings. The van der Waals surface area contributed by atoms with Crippen LogP contribution < -0.4 is 0 Å². The standard InChI is InChI=1S/C17H24BNO2/c1-16(2)17(3,4)21-18(20-16)14-8-7-13(11-14)15(9-10-19)12-5-6-12/h7,11-12,15H,5-6,8-9H2,1-4H3. The number of hydrogen-bond donors (Lipinski definition) is 0. The first-order valence-corrected chi connectivity index (χ1v) is 7.97. The van der Waals surface area contributed by atoms with Gasteiger partial charge in [0, 0.05) is 6.42 Å². The van der Waals surface area contributed by atoms with Crippen LogP contribution in [0.3, 0.4) is 0 Å². The molecule has 21 heavy (non-hydrogen) atoms. The number of nitrogens with zero attached hydrogens (tertiary/aromatic N) is 1. The molecule has 0 aromatic rings. The van der Waals surface area contributed by atoms with Crippen LogP contribution in [0.2, 0.25) is 0 Å². The summed E-state index contributed by atoms with van der Waals surface area (Å²) in [5, 5.41) is 9.04. The summed E-state index contributed by atoms with van der Waals surface area (Å²) in [4.78, 5) is 0. The molecule has 1 heterocycles. The minimum absolute atomic E-state index is 0.245. The van der Waals surface area contributed by atoms with Crippen molar-refractivity contribution in [2.45, 2.75) is 64.6 Å². The molecule has 2 aliphatic carbocycles. The minimum Gasteiger partial charge on any atom is -0.400 e. The third-order valence-corrected chi connectivity index (χ3v) is 5.41. The van der Waals surface area contributed by atoms with E-state index < -0.39 is 0 Å². The molecule has 3 rings (SSSR count). The maximum atomic E-state index is 9.04. The predicted octanol–water partition coefficient (Wildman–Crippen LogP) is 3.81. The van der Waals surface area contributed by atoms with E-state index in [1.165, 1.54) is 23.9 Å². The fourth-order valence-electron chi connectivity index (χ4n) is 3.14. The summed E-state index contributed by atoms with van der Waals surface area (Å²) in [6.07, 6.45) is 8.54. The van der Waals surface area contributed by atoms with E-state index in [1.54, 1.807) is 0 Å². The van der Waals surface area contributed by atoms with Crippen molar-refractivity contribution in [3.63, 3.8) is 0 Å². The van der Waals surface area contributed by atoms with E-state index >= 15 is 0 Å². The molecule has 3 nitrogen and oxygen atoms in total. The van der Waals surface area contributed by atoms with Gasteiger partial charge in [0.05, 0.1) is 17.3 Å². The predicted molar refractivity (Wildman–Crippen MR) is 83.3 cm³/mol. The Morgan fingerprint density at radius 1 is 1.29 bits per heavy atom. The van der Waals surface area contributed by atoms with Gasteiger partial charge in [-0.3, -0.25) is 0 Å². The molecular formula is C17H24BNO2. The molecule has 1 aliphatic heterocycles. The van der Waals surface area contributed by atoms with Gasteiger partial charge in [-0.15, -0.1) is 0 Å². The van der Waals surface area contributed by atoms with E-state index in [4.69, 9.17) is 14.6 Å². The molecule has 0 radical (unpaired) electrons. The van der Waals surface area contributed by atoms with Gasteiger partial charge in [0.1, 0.15) is 0 Å². The second-order valence-electron chi connectivity index (χ2n) is 7.52. The molecule has 112 valence electrons. The topological polar surface area (TPSA) is 42.2 Å². The highest BCUT2D eigenvalue weighted by molar-refractivity contribution is 6.55. The van der Waals surface area contributed by atoms with Crippen molar-refractivity contribution in [1.29, 1.82) is 5.26 Å². The van der Waals surface area contributed by atoms with E-state index in [2.05, 4.69) is 45.9 Å². The number of rotatable bonds is 4. The molecule has 1 unspecified atom stereocenters. The van der Waals surface area contributed by atoms with Crippen LogP contribution in [-0.2, 0) is 9.31 Å². The molecule has 4 heteroatoms. The smallest absolute Gasteiger partial charge is 0.400 e. The quantitative estimate of drug-likeness (QED) is 0.737. The van der Waals surface area contributed by atoms with E-state index in [0.717, 1.165) is 6.42 Å². The van der Waals surface area contributed by atoms with Crippen molar-refractivity contribution >= 4 is 7.12 Å². The van der Waals surface area contributed by atoms with Crippen molar-refractivity contribution in [3.8, 4) is 6.07 Å². The molecule has 0 aromatic heterocycles. The number of allylic oxidation sites excluding steroid dienone is 4. The van der Waals surface area contributed by atoms with Gasteiger partial charge in [-0.05, 0) is 69.8 Å². The normalized spacial score (nSPS) is 28.0. The average molecular weight is 285 g/mol. The third kappa shape index (κ3) is 2.70. The number of hydrogen-bond acceptors (Lipinski definition) is 3. The Morgan fingerprint density at radius 3 is 2.43 bits per heavy atom. The first-order valence-electron chi connectivity index (χ1n) is 7.97. The van der Waals surface area contributed by atoms with Crippen LogP contribution >= 0.6 is 0 Å². The molecule has 1 saturated carbocycles. The molecule has 2 fully saturated rings. The molecule has 0 aromatic carbocycles. The fraction of sp³-hybridized carbons (Fsp3) is 0.706. The summed E-state index contributed by atoms with van der Waals surface area (Å²) < 4.78 is 12.2. The highest BCUT2D eigenvalue weighted by atomic mass is 16.7. The van der Waals surface area contributed by atoms with Gasteiger partial charge in [-0.2, -0.15) is 5.26 Å². The summed E-state index contributed by atoms with van der Waals surface area (Å²) in [6.45, 7) is 8.33. The van der Waals surface area contributed by atoms with Gasteiger partial charge in [-0.25, -0.2) is 0 Å². The summed E-state index contributed by atoms with van der Waals surface area (Å²) in [5.41, 5.74) is 1.95. The molecule has 1 saturated heterocycles. The minimum atomic E-state index is -0.288. The molecule has 0 bridgehead atoms. The van der Waals surface area contributed by atoms with Crippen molar-refractivity contribution in [2.75, 3.05) is 0 Å². The van der Waals surface area contributed by atoms with Crippen LogP contribution in [0.25, 0.3) is 0 Å². The van der Waals surface area contributed by atoms with E-state index in [1.807, 2.05) is 0 Å². The SMILES string of the molecule is CC1(C)OB(C2=CC(C(CC#N)C3CC3)=CC2)OC1(C)C. The molecule has 0 N–H and O–H groups in total. The Morgan fingerprint density at radius 2 is 1.90 bits per heavy atom. The lowest BCUT2D eigenvalue weighted by molar-refractivity contribution is 0.00578. The molecule has 1 atom stereocenters. The summed E-state index contributed by atoms with van der Waals surface area (Å²) in [7, 11) is -0.245. The second kappa shape index (κ2) is 5.00. The van der Waals surface area contributed by atoms with Crippen molar-refractivity contribution in [1.82, 2.24) is 0 Å². The fourth-order valence-corrected chi connectivity index (χ4v) is 3.14. The van der Waals surface area contributed by atoms with Gasteiger partial charge in [0.25, 0.3) is 0 Å². The first kappa shape index (κ1) is 14.9. The summed E-state index contributed by atoms with van der Waals surface area (Å²) >= 11 is 0. The molecule has 0 amide bonds. The van der Waals surface area contributed by atoms with Gasteiger partial charge >= 0.3 is 7.12 Å². The average Bonchev–Trinajstić information content (AvgIpc) is 3.05. The Labute approximate surface area is 128 Å². The lowest BCUT2D eigenvalue weighted by Gasteiger charge is -2.32. The first-order chi connectivity index (χ1) is 9.84. The van der Waals surface area contributed by atoms with E-state index in [9.17, 15) is 0 Å². The van der Waals surface area contributed by atoms with Crippen molar-refractivity contribution in [2.24, 2.45) is 11.8 Å². The van der Waals surface area contributed by atoms with Crippen LogP contribution in [0.15, 0.2) is 23.2 Å². The Hall–Kier alpha value is -1.05. The summed E-state index contributed by atoms with van der Waals surface area (Å²) in [5.74, 6) is 1.12. The van der Waals surface area contributed by atoms with Gasteiger partial charge in [-0.1, -0.05) is 12.2 Å². The largest absolute Gasteiger partial charge is 0.490 e. The third-order valence-electron chi connectivity index (χ3n) is 5.41. The lowest BCUT2D eigenvalue weighted by Crippen LogP contribution is -2.41. The Bertz CT molecular complexity index is 521. The van der Waals surface area contributed by atoms with E-state index in [0.29, 0.717) is 18.3 Å². The molecule has 0 spiro atoms. The maximum Gasteiger partial charge on any atom is 0.490 e. The Kier molecular flexibility index (Phi) is 3.54. The van der Waals surface area contributed by atoms with Crippen LogP contribution in [0, 0.1) is 23.2 Å². The van der Waals surface area contributed by atoms with Crippen molar-refractivity contribution in [3.05, 3.63) is 23.2 Å². The number of nitriles is 1. The molecular weight excluding hydrogens is 261 g/mol. The van der Waals surface area contributed by atoms with Crippen molar-refractivity contribution < 1.29 is 9.31 Å². The monoisotopic (exact) mass is 285 g/mol. The van der Waals surface area contributed by atoms with Crippen LogP contribution in [0.1, 0.15) is 53.4 Å². The van der Waals surface area contributed by atoms with Crippen LogP contribution in [-0.4, -0.2) is 18.3 Å².